The molecule has 1 saturated heterocycles. The first-order valence-corrected chi connectivity index (χ1v) is 7.56. The number of nitrogens with one attached hydrogen (secondary N) is 1. The van der Waals surface area contributed by atoms with Gasteiger partial charge in [0.25, 0.3) is 0 Å². The highest BCUT2D eigenvalue weighted by Crippen LogP contribution is 2.29. The monoisotopic (exact) mass is 282 g/mol. The highest BCUT2D eigenvalue weighted by Gasteiger charge is 2.14. The third-order valence-corrected chi connectivity index (χ3v) is 3.97. The average molecular weight is 282 g/mol. The summed E-state index contributed by atoms with van der Waals surface area (Å²) in [5.74, 6) is 0.975. The van der Waals surface area contributed by atoms with Crippen molar-refractivity contribution in [3.05, 3.63) is 59.7 Å². The number of rotatable bonds is 4. The number of hydrogen-bond donors (Lipinski definition) is 1. The first-order valence-electron chi connectivity index (χ1n) is 7.56. The Balaban J connectivity index is 1.74. The highest BCUT2D eigenvalue weighted by molar-refractivity contribution is 5.58. The Labute approximate surface area is 126 Å². The van der Waals surface area contributed by atoms with Crippen LogP contribution < -0.4 is 15.0 Å². The Morgan fingerprint density at radius 2 is 1.71 bits per heavy atom. The van der Waals surface area contributed by atoms with Crippen LogP contribution in [-0.2, 0) is 6.61 Å². The van der Waals surface area contributed by atoms with Crippen LogP contribution in [0.3, 0.4) is 0 Å². The van der Waals surface area contributed by atoms with Crippen LogP contribution in [0.25, 0.3) is 0 Å². The Morgan fingerprint density at radius 1 is 1.00 bits per heavy atom. The van der Waals surface area contributed by atoms with Gasteiger partial charge in [-0.05, 0) is 30.2 Å². The third kappa shape index (κ3) is 3.37. The molecule has 0 amide bonds. The molecule has 0 radical (unpaired) electrons. The SMILES string of the molecule is Cc1ccccc1COc1ccccc1N1CCNCC1. The molecule has 21 heavy (non-hydrogen) atoms. The topological polar surface area (TPSA) is 24.5 Å². The molecule has 2 aromatic carbocycles. The molecule has 0 spiro atoms. The van der Waals surface area contributed by atoms with E-state index >= 15 is 0 Å². The summed E-state index contributed by atoms with van der Waals surface area (Å²) >= 11 is 0. The number of anilines is 1. The van der Waals surface area contributed by atoms with E-state index in [1.165, 1.54) is 16.8 Å². The van der Waals surface area contributed by atoms with Gasteiger partial charge in [-0.15, -0.1) is 0 Å². The van der Waals surface area contributed by atoms with E-state index < -0.39 is 0 Å². The molecule has 0 saturated carbocycles. The first-order chi connectivity index (χ1) is 10.3. The lowest BCUT2D eigenvalue weighted by molar-refractivity contribution is 0.305. The molecule has 110 valence electrons. The summed E-state index contributed by atoms with van der Waals surface area (Å²) in [6.07, 6.45) is 0. The van der Waals surface area contributed by atoms with Crippen molar-refractivity contribution < 1.29 is 4.74 Å². The van der Waals surface area contributed by atoms with Gasteiger partial charge in [-0.25, -0.2) is 0 Å². The van der Waals surface area contributed by atoms with E-state index in [4.69, 9.17) is 4.74 Å². The fourth-order valence-corrected chi connectivity index (χ4v) is 2.67. The number of piperazine rings is 1. The molecule has 0 aromatic heterocycles. The standard InChI is InChI=1S/C18H22N2O/c1-15-6-2-3-7-16(15)14-21-18-9-5-4-8-17(18)20-12-10-19-11-13-20/h2-9,19H,10-14H2,1H3. The van der Waals surface area contributed by atoms with Crippen LogP contribution in [0.2, 0.25) is 0 Å². The summed E-state index contributed by atoms with van der Waals surface area (Å²) in [6.45, 7) is 6.88. The van der Waals surface area contributed by atoms with Gasteiger partial charge in [-0.3, -0.25) is 0 Å². The van der Waals surface area contributed by atoms with Crippen molar-refractivity contribution in [2.24, 2.45) is 0 Å². The number of para-hydroxylation sites is 2. The van der Waals surface area contributed by atoms with Crippen LogP contribution in [0.1, 0.15) is 11.1 Å². The van der Waals surface area contributed by atoms with Gasteiger partial charge < -0.3 is 15.0 Å². The lowest BCUT2D eigenvalue weighted by Gasteiger charge is -2.30. The van der Waals surface area contributed by atoms with Gasteiger partial charge in [0, 0.05) is 26.2 Å². The molecule has 3 nitrogen and oxygen atoms in total. The Kier molecular flexibility index (Phi) is 4.41. The average Bonchev–Trinajstić information content (AvgIpc) is 2.55. The number of ether oxygens (including phenoxy) is 1. The number of benzene rings is 2. The van der Waals surface area contributed by atoms with E-state index in [9.17, 15) is 0 Å². The molecule has 1 heterocycles. The molecular weight excluding hydrogens is 260 g/mol. The van der Waals surface area contributed by atoms with Crippen LogP contribution in [0.5, 0.6) is 5.75 Å². The van der Waals surface area contributed by atoms with Crippen molar-refractivity contribution >= 4 is 5.69 Å². The van der Waals surface area contributed by atoms with Crippen molar-refractivity contribution in [3.63, 3.8) is 0 Å². The van der Waals surface area contributed by atoms with E-state index in [2.05, 4.69) is 59.6 Å². The summed E-state index contributed by atoms with van der Waals surface area (Å²) in [7, 11) is 0. The Hall–Kier alpha value is -2.00. The summed E-state index contributed by atoms with van der Waals surface area (Å²) in [5.41, 5.74) is 3.72. The van der Waals surface area contributed by atoms with Crippen LogP contribution in [0, 0.1) is 6.92 Å². The molecule has 3 rings (SSSR count). The Morgan fingerprint density at radius 3 is 2.52 bits per heavy atom. The minimum atomic E-state index is 0.621. The van der Waals surface area contributed by atoms with E-state index in [0.717, 1.165) is 31.9 Å². The minimum absolute atomic E-state index is 0.621. The van der Waals surface area contributed by atoms with Crippen molar-refractivity contribution in [3.8, 4) is 5.75 Å². The second kappa shape index (κ2) is 6.64. The van der Waals surface area contributed by atoms with Gasteiger partial charge in [0.05, 0.1) is 5.69 Å². The van der Waals surface area contributed by atoms with Crippen LogP contribution in [0.4, 0.5) is 5.69 Å². The van der Waals surface area contributed by atoms with Gasteiger partial charge in [0.15, 0.2) is 0 Å². The predicted octanol–water partition coefficient (Wildman–Crippen LogP) is 2.98. The van der Waals surface area contributed by atoms with Gasteiger partial charge in [0.2, 0.25) is 0 Å². The lowest BCUT2D eigenvalue weighted by Crippen LogP contribution is -2.43. The van der Waals surface area contributed by atoms with Gasteiger partial charge in [-0.2, -0.15) is 0 Å². The van der Waals surface area contributed by atoms with Crippen molar-refractivity contribution in [1.82, 2.24) is 5.32 Å². The first kappa shape index (κ1) is 14.0. The molecule has 1 N–H and O–H groups in total. The molecular formula is C18H22N2O. The van der Waals surface area contributed by atoms with Gasteiger partial charge in [-0.1, -0.05) is 36.4 Å². The molecule has 0 unspecified atom stereocenters. The van der Waals surface area contributed by atoms with E-state index in [1.54, 1.807) is 0 Å². The van der Waals surface area contributed by atoms with E-state index in [-0.39, 0.29) is 0 Å². The molecule has 1 aliphatic heterocycles. The number of nitrogens with zero attached hydrogens (tertiary/aromatic N) is 1. The normalized spacial score (nSPS) is 15.0. The van der Waals surface area contributed by atoms with E-state index in [1.807, 2.05) is 6.07 Å². The molecule has 0 atom stereocenters. The fourth-order valence-electron chi connectivity index (χ4n) is 2.67. The van der Waals surface area contributed by atoms with Gasteiger partial charge in [0.1, 0.15) is 12.4 Å². The maximum absolute atomic E-state index is 6.10. The van der Waals surface area contributed by atoms with Crippen LogP contribution in [0.15, 0.2) is 48.5 Å². The molecule has 1 aliphatic rings. The molecule has 2 aromatic rings. The maximum atomic E-state index is 6.10. The molecule has 1 fully saturated rings. The highest BCUT2D eigenvalue weighted by atomic mass is 16.5. The quantitative estimate of drug-likeness (QED) is 0.933. The van der Waals surface area contributed by atoms with Crippen molar-refractivity contribution in [1.29, 1.82) is 0 Å². The third-order valence-electron chi connectivity index (χ3n) is 3.97. The zero-order valence-electron chi connectivity index (χ0n) is 12.5. The summed E-state index contributed by atoms with van der Waals surface area (Å²) in [4.78, 5) is 2.39. The lowest BCUT2D eigenvalue weighted by atomic mass is 10.1. The summed E-state index contributed by atoms with van der Waals surface area (Å²) < 4.78 is 6.10. The van der Waals surface area contributed by atoms with Crippen LogP contribution in [-0.4, -0.2) is 26.2 Å². The predicted molar refractivity (Wildman–Crippen MR) is 87.0 cm³/mol. The number of hydrogen-bond acceptors (Lipinski definition) is 3. The Bertz CT molecular complexity index is 591. The summed E-state index contributed by atoms with van der Waals surface area (Å²) in [6, 6.07) is 16.7. The van der Waals surface area contributed by atoms with Gasteiger partial charge >= 0.3 is 0 Å². The minimum Gasteiger partial charge on any atom is -0.487 e. The molecule has 0 bridgehead atoms. The van der Waals surface area contributed by atoms with Crippen molar-refractivity contribution in [2.75, 3.05) is 31.1 Å². The smallest absolute Gasteiger partial charge is 0.143 e. The zero-order chi connectivity index (χ0) is 14.5. The maximum Gasteiger partial charge on any atom is 0.143 e. The zero-order valence-corrected chi connectivity index (χ0v) is 12.5. The summed E-state index contributed by atoms with van der Waals surface area (Å²) in [5, 5.41) is 3.39. The molecule has 0 aliphatic carbocycles. The van der Waals surface area contributed by atoms with E-state index in [0.29, 0.717) is 6.61 Å². The van der Waals surface area contributed by atoms with Crippen molar-refractivity contribution in [2.45, 2.75) is 13.5 Å². The fraction of sp³-hybridized carbons (Fsp3) is 0.333. The molecule has 3 heteroatoms. The second-order valence-electron chi connectivity index (χ2n) is 5.42. The number of aryl methyl sites for hydroxylation is 1. The largest absolute Gasteiger partial charge is 0.487 e. The second-order valence-corrected chi connectivity index (χ2v) is 5.42. The van der Waals surface area contributed by atoms with Crippen LogP contribution >= 0.6 is 0 Å².